The first-order chi connectivity index (χ1) is 12.8. The van der Waals surface area contributed by atoms with E-state index in [2.05, 4.69) is 53.2 Å². The Kier molecular flexibility index (Phi) is 3.64. The fraction of sp³-hybridized carbons (Fsp3) is 0.300. The lowest BCUT2D eigenvalue weighted by Gasteiger charge is -2.29. The second kappa shape index (κ2) is 6.14. The summed E-state index contributed by atoms with van der Waals surface area (Å²) in [6.07, 6.45) is 2.87. The lowest BCUT2D eigenvalue weighted by Crippen LogP contribution is -2.37. The van der Waals surface area contributed by atoms with Gasteiger partial charge in [0, 0.05) is 47.9 Å². The maximum atomic E-state index is 5.53. The van der Waals surface area contributed by atoms with E-state index < -0.39 is 0 Å². The number of nitrogens with one attached hydrogen (secondary N) is 1. The molecule has 26 heavy (non-hydrogen) atoms. The van der Waals surface area contributed by atoms with Crippen LogP contribution in [0.25, 0.3) is 27.8 Å². The quantitative estimate of drug-likeness (QED) is 0.618. The van der Waals surface area contributed by atoms with Crippen LogP contribution in [-0.2, 0) is 11.2 Å². The third-order valence-electron chi connectivity index (χ3n) is 5.03. The van der Waals surface area contributed by atoms with Crippen LogP contribution in [0.2, 0.25) is 0 Å². The van der Waals surface area contributed by atoms with Gasteiger partial charge in [-0.1, -0.05) is 19.1 Å². The highest BCUT2D eigenvalue weighted by Gasteiger charge is 2.19. The van der Waals surface area contributed by atoms with E-state index in [0.717, 1.165) is 66.7 Å². The van der Waals surface area contributed by atoms with Crippen LogP contribution in [0.5, 0.6) is 0 Å². The van der Waals surface area contributed by atoms with E-state index in [1.807, 2.05) is 10.7 Å². The van der Waals surface area contributed by atoms with Gasteiger partial charge in [0.2, 0.25) is 0 Å². The van der Waals surface area contributed by atoms with Gasteiger partial charge in [0.15, 0.2) is 5.65 Å². The van der Waals surface area contributed by atoms with Gasteiger partial charge in [-0.25, -0.2) is 4.98 Å². The number of aryl methyl sites for hydroxylation is 1. The van der Waals surface area contributed by atoms with Crippen molar-refractivity contribution in [2.75, 3.05) is 31.2 Å². The molecule has 0 aliphatic carbocycles. The molecular weight excluding hydrogens is 326 g/mol. The Labute approximate surface area is 151 Å². The summed E-state index contributed by atoms with van der Waals surface area (Å²) in [4.78, 5) is 10.6. The minimum atomic E-state index is 0.744. The van der Waals surface area contributed by atoms with Gasteiger partial charge in [0.1, 0.15) is 5.82 Å². The van der Waals surface area contributed by atoms with Crippen molar-refractivity contribution in [2.24, 2.45) is 0 Å². The van der Waals surface area contributed by atoms with Crippen molar-refractivity contribution in [3.05, 3.63) is 48.3 Å². The topological polar surface area (TPSA) is 58.5 Å². The van der Waals surface area contributed by atoms with E-state index in [1.165, 1.54) is 5.39 Å². The number of hydrogen-bond donors (Lipinski definition) is 1. The number of fused-ring (bicyclic) bond motifs is 2. The van der Waals surface area contributed by atoms with Gasteiger partial charge in [-0.15, -0.1) is 0 Å². The first-order valence-electron chi connectivity index (χ1n) is 9.12. The van der Waals surface area contributed by atoms with E-state index in [0.29, 0.717) is 0 Å². The minimum Gasteiger partial charge on any atom is -0.378 e. The lowest BCUT2D eigenvalue weighted by atomic mass is 10.1. The van der Waals surface area contributed by atoms with Crippen molar-refractivity contribution in [2.45, 2.75) is 13.3 Å². The first-order valence-corrected chi connectivity index (χ1v) is 9.12. The molecule has 0 radical (unpaired) electrons. The molecule has 132 valence electrons. The van der Waals surface area contributed by atoms with Crippen molar-refractivity contribution in [3.8, 4) is 11.3 Å². The van der Waals surface area contributed by atoms with Crippen LogP contribution >= 0.6 is 0 Å². The van der Waals surface area contributed by atoms with E-state index >= 15 is 0 Å². The van der Waals surface area contributed by atoms with Crippen molar-refractivity contribution in [3.63, 3.8) is 0 Å². The Morgan fingerprint density at radius 1 is 1.15 bits per heavy atom. The molecular formula is C20H21N5O. The molecule has 0 saturated carbocycles. The molecule has 0 amide bonds. The summed E-state index contributed by atoms with van der Waals surface area (Å²) >= 11 is 0. The molecule has 1 fully saturated rings. The van der Waals surface area contributed by atoms with E-state index in [-0.39, 0.29) is 0 Å². The Morgan fingerprint density at radius 2 is 2.04 bits per heavy atom. The van der Waals surface area contributed by atoms with Crippen LogP contribution in [-0.4, -0.2) is 45.9 Å². The third kappa shape index (κ3) is 2.45. The number of aromatic nitrogens is 4. The lowest BCUT2D eigenvalue weighted by molar-refractivity contribution is 0.122. The molecule has 6 heteroatoms. The van der Waals surface area contributed by atoms with Gasteiger partial charge in [0.25, 0.3) is 0 Å². The predicted octanol–water partition coefficient (Wildman–Crippen LogP) is 3.28. The van der Waals surface area contributed by atoms with Gasteiger partial charge < -0.3 is 14.6 Å². The molecule has 4 heterocycles. The fourth-order valence-corrected chi connectivity index (χ4v) is 3.64. The number of nitrogens with zero attached hydrogens (tertiary/aromatic N) is 4. The van der Waals surface area contributed by atoms with Crippen molar-refractivity contribution in [1.29, 1.82) is 0 Å². The van der Waals surface area contributed by atoms with Crippen molar-refractivity contribution < 1.29 is 4.74 Å². The first kappa shape index (κ1) is 15.4. The number of H-pyrrole nitrogens is 1. The number of benzene rings is 1. The number of rotatable bonds is 3. The maximum Gasteiger partial charge on any atom is 0.158 e. The summed E-state index contributed by atoms with van der Waals surface area (Å²) in [6, 6.07) is 12.7. The predicted molar refractivity (Wildman–Crippen MR) is 103 cm³/mol. The largest absolute Gasteiger partial charge is 0.378 e. The van der Waals surface area contributed by atoms with E-state index in [4.69, 9.17) is 14.8 Å². The minimum absolute atomic E-state index is 0.744. The smallest absolute Gasteiger partial charge is 0.158 e. The molecule has 5 rings (SSSR count). The number of ether oxygens (including phenoxy) is 1. The Hall–Kier alpha value is -2.86. The summed E-state index contributed by atoms with van der Waals surface area (Å²) in [5, 5.41) is 5.95. The standard InChI is InChI=1S/C20H21N5O/c1-2-14-12-19-22-18(15-4-3-5-17-16(15)6-7-21-17)13-20(25(19)23-14)24-8-10-26-11-9-24/h3-7,12-13,21H,2,8-11H2,1H3. The van der Waals surface area contributed by atoms with Gasteiger partial charge in [-0.2, -0.15) is 9.61 Å². The third-order valence-corrected chi connectivity index (χ3v) is 5.03. The highest BCUT2D eigenvalue weighted by Crippen LogP contribution is 2.30. The zero-order chi connectivity index (χ0) is 17.5. The average molecular weight is 347 g/mol. The molecule has 1 aliphatic heterocycles. The molecule has 0 bridgehead atoms. The Balaban J connectivity index is 1.74. The normalized spacial score (nSPS) is 15.2. The summed E-state index contributed by atoms with van der Waals surface area (Å²) in [5.74, 6) is 1.08. The molecule has 4 aromatic rings. The monoisotopic (exact) mass is 347 g/mol. The number of anilines is 1. The highest BCUT2D eigenvalue weighted by atomic mass is 16.5. The van der Waals surface area contributed by atoms with Gasteiger partial charge in [-0.05, 0) is 18.6 Å². The Morgan fingerprint density at radius 3 is 2.88 bits per heavy atom. The van der Waals surface area contributed by atoms with Crippen LogP contribution in [0.3, 0.4) is 0 Å². The summed E-state index contributed by atoms with van der Waals surface area (Å²) in [5.41, 5.74) is 5.20. The second-order valence-electron chi connectivity index (χ2n) is 6.60. The molecule has 6 nitrogen and oxygen atoms in total. The fourth-order valence-electron chi connectivity index (χ4n) is 3.64. The molecule has 1 aliphatic rings. The van der Waals surface area contributed by atoms with Crippen molar-refractivity contribution >= 4 is 22.4 Å². The van der Waals surface area contributed by atoms with Crippen LogP contribution in [0.4, 0.5) is 5.82 Å². The molecule has 3 aromatic heterocycles. The van der Waals surface area contributed by atoms with Crippen LogP contribution in [0, 0.1) is 0 Å². The molecule has 0 spiro atoms. The zero-order valence-corrected chi connectivity index (χ0v) is 14.8. The van der Waals surface area contributed by atoms with Gasteiger partial charge in [0.05, 0.1) is 24.6 Å². The maximum absolute atomic E-state index is 5.53. The number of aromatic amines is 1. The van der Waals surface area contributed by atoms with E-state index in [9.17, 15) is 0 Å². The summed E-state index contributed by atoms with van der Waals surface area (Å²) in [6.45, 7) is 5.35. The van der Waals surface area contributed by atoms with Crippen LogP contribution in [0.1, 0.15) is 12.6 Å². The van der Waals surface area contributed by atoms with Crippen LogP contribution < -0.4 is 4.90 Å². The Bertz CT molecular complexity index is 1070. The molecule has 1 aromatic carbocycles. The summed E-state index contributed by atoms with van der Waals surface area (Å²) < 4.78 is 7.51. The average Bonchev–Trinajstić information content (AvgIpc) is 3.34. The number of morpholine rings is 1. The summed E-state index contributed by atoms with van der Waals surface area (Å²) in [7, 11) is 0. The number of hydrogen-bond acceptors (Lipinski definition) is 4. The molecule has 0 atom stereocenters. The van der Waals surface area contributed by atoms with E-state index in [1.54, 1.807) is 0 Å². The van der Waals surface area contributed by atoms with Gasteiger partial charge in [-0.3, -0.25) is 0 Å². The SMILES string of the molecule is CCc1cc2nc(-c3cccc4[nH]ccc34)cc(N3CCOCC3)n2n1. The van der Waals surface area contributed by atoms with Crippen molar-refractivity contribution in [1.82, 2.24) is 19.6 Å². The second-order valence-corrected chi connectivity index (χ2v) is 6.60. The molecule has 0 unspecified atom stereocenters. The molecule has 1 N–H and O–H groups in total. The highest BCUT2D eigenvalue weighted by molar-refractivity contribution is 5.94. The van der Waals surface area contributed by atoms with Crippen LogP contribution in [0.15, 0.2) is 42.6 Å². The molecule has 1 saturated heterocycles. The zero-order valence-electron chi connectivity index (χ0n) is 14.8. The van der Waals surface area contributed by atoms with Gasteiger partial charge >= 0.3 is 0 Å².